The molecule has 0 saturated carbocycles. The fourth-order valence-corrected chi connectivity index (χ4v) is 2.18. The molecule has 0 fully saturated rings. The zero-order valence-electron chi connectivity index (χ0n) is 11.4. The van der Waals surface area contributed by atoms with Crippen LogP contribution in [0.4, 0.5) is 15.2 Å². The van der Waals surface area contributed by atoms with E-state index in [9.17, 15) is 14.0 Å². The molecule has 0 aliphatic carbocycles. The number of rotatable bonds is 5. The number of hydrogen-bond acceptors (Lipinski definition) is 4. The summed E-state index contributed by atoms with van der Waals surface area (Å²) in [7, 11) is 0. The van der Waals surface area contributed by atoms with Crippen LogP contribution < -0.4 is 10.6 Å². The Hall–Kier alpha value is -2.28. The normalized spacial score (nSPS) is 10.2. The topological polar surface area (TPSA) is 71.1 Å². The molecule has 0 bridgehead atoms. The molecule has 2 aromatic rings. The minimum atomic E-state index is -0.647. The van der Waals surface area contributed by atoms with E-state index < -0.39 is 11.7 Å². The summed E-state index contributed by atoms with van der Waals surface area (Å²) in [5, 5.41) is 7.20. The summed E-state index contributed by atoms with van der Waals surface area (Å²) in [5.74, 6) is -1.35. The maximum atomic E-state index is 13.9. The van der Waals surface area contributed by atoms with E-state index in [1.54, 1.807) is 11.6 Å². The first-order chi connectivity index (χ1) is 10.1. The highest BCUT2D eigenvalue weighted by molar-refractivity contribution is 7.13. The fourth-order valence-electron chi connectivity index (χ4n) is 1.65. The number of aromatic nitrogens is 1. The molecular formula is C14H14FN3O2S. The molecule has 2 N–H and O–H groups in total. The van der Waals surface area contributed by atoms with Crippen molar-refractivity contribution in [3.63, 3.8) is 0 Å². The van der Waals surface area contributed by atoms with Gasteiger partial charge < -0.3 is 5.32 Å². The van der Waals surface area contributed by atoms with Crippen LogP contribution in [0.25, 0.3) is 0 Å². The van der Waals surface area contributed by atoms with Crippen LogP contribution in [0.1, 0.15) is 30.1 Å². The van der Waals surface area contributed by atoms with Crippen molar-refractivity contribution in [2.24, 2.45) is 0 Å². The second-order valence-electron chi connectivity index (χ2n) is 4.28. The van der Waals surface area contributed by atoms with E-state index in [4.69, 9.17) is 0 Å². The van der Waals surface area contributed by atoms with Gasteiger partial charge in [0.2, 0.25) is 5.91 Å². The Morgan fingerprint density at radius 2 is 2.14 bits per heavy atom. The SMILES string of the molecule is CCCC(=O)Nc1ccc(C(=O)Nc2nccs2)cc1F. The maximum Gasteiger partial charge on any atom is 0.257 e. The second kappa shape index (κ2) is 6.94. The number of thiazole rings is 1. The molecule has 2 rings (SSSR count). The zero-order valence-corrected chi connectivity index (χ0v) is 12.2. The first-order valence-corrected chi connectivity index (χ1v) is 7.28. The number of halogens is 1. The molecule has 0 unspecified atom stereocenters. The largest absolute Gasteiger partial charge is 0.324 e. The van der Waals surface area contributed by atoms with E-state index in [1.807, 2.05) is 6.92 Å². The van der Waals surface area contributed by atoms with Crippen molar-refractivity contribution < 1.29 is 14.0 Å². The van der Waals surface area contributed by atoms with E-state index in [1.165, 1.54) is 23.5 Å². The number of carbonyl (C=O) groups excluding carboxylic acids is 2. The third-order valence-electron chi connectivity index (χ3n) is 2.64. The lowest BCUT2D eigenvalue weighted by Gasteiger charge is -2.07. The summed E-state index contributed by atoms with van der Waals surface area (Å²) in [6, 6.07) is 3.91. The van der Waals surface area contributed by atoms with Gasteiger partial charge in [0.05, 0.1) is 5.69 Å². The molecule has 110 valence electrons. The molecule has 0 atom stereocenters. The Labute approximate surface area is 125 Å². The Morgan fingerprint density at radius 3 is 2.76 bits per heavy atom. The molecule has 1 heterocycles. The van der Waals surface area contributed by atoms with Gasteiger partial charge in [-0.1, -0.05) is 6.92 Å². The molecule has 0 aliphatic heterocycles. The monoisotopic (exact) mass is 307 g/mol. The summed E-state index contributed by atoms with van der Waals surface area (Å²) >= 11 is 1.27. The van der Waals surface area contributed by atoms with E-state index in [-0.39, 0.29) is 17.2 Å². The number of hydrogen-bond donors (Lipinski definition) is 2. The Balaban J connectivity index is 2.07. The number of nitrogens with one attached hydrogen (secondary N) is 2. The second-order valence-corrected chi connectivity index (χ2v) is 5.18. The van der Waals surface area contributed by atoms with Gasteiger partial charge in [0.15, 0.2) is 5.13 Å². The molecule has 0 saturated heterocycles. The molecule has 7 heteroatoms. The van der Waals surface area contributed by atoms with Crippen LogP contribution >= 0.6 is 11.3 Å². The van der Waals surface area contributed by atoms with Crippen molar-refractivity contribution >= 4 is 34.0 Å². The number of benzene rings is 1. The Bertz CT molecular complexity index is 644. The number of nitrogens with zero attached hydrogens (tertiary/aromatic N) is 1. The lowest BCUT2D eigenvalue weighted by molar-refractivity contribution is -0.116. The fraction of sp³-hybridized carbons (Fsp3) is 0.214. The van der Waals surface area contributed by atoms with Gasteiger partial charge in [-0.25, -0.2) is 9.37 Å². The van der Waals surface area contributed by atoms with Crippen molar-refractivity contribution in [3.8, 4) is 0 Å². The Kier molecular flexibility index (Phi) is 4.99. The van der Waals surface area contributed by atoms with E-state index in [0.29, 0.717) is 18.0 Å². The van der Waals surface area contributed by atoms with Gasteiger partial charge >= 0.3 is 0 Å². The molecule has 2 amide bonds. The average molecular weight is 307 g/mol. The molecule has 5 nitrogen and oxygen atoms in total. The van der Waals surface area contributed by atoms with Crippen LogP contribution in [0.5, 0.6) is 0 Å². The number of amides is 2. The van der Waals surface area contributed by atoms with Crippen molar-refractivity contribution in [3.05, 3.63) is 41.2 Å². The summed E-state index contributed by atoms with van der Waals surface area (Å²) in [4.78, 5) is 27.3. The lowest BCUT2D eigenvalue weighted by atomic mass is 10.2. The lowest BCUT2D eigenvalue weighted by Crippen LogP contribution is -2.14. The summed E-state index contributed by atoms with van der Waals surface area (Å²) in [6.07, 6.45) is 2.57. The van der Waals surface area contributed by atoms with E-state index in [2.05, 4.69) is 15.6 Å². The standard InChI is InChI=1S/C14H14FN3O2S/c1-2-3-12(19)17-11-5-4-9(8-10(11)15)13(20)18-14-16-6-7-21-14/h4-8H,2-3H2,1H3,(H,17,19)(H,16,18,20). The minimum absolute atomic E-state index is 0.0687. The van der Waals surface area contributed by atoms with E-state index in [0.717, 1.165) is 6.07 Å². The van der Waals surface area contributed by atoms with E-state index >= 15 is 0 Å². The maximum absolute atomic E-state index is 13.9. The van der Waals surface area contributed by atoms with Crippen LogP contribution in [0.15, 0.2) is 29.8 Å². The summed E-state index contributed by atoms with van der Waals surface area (Å²) in [5.41, 5.74) is 0.232. The molecule has 0 aliphatic rings. The first kappa shape index (κ1) is 15.1. The molecule has 0 radical (unpaired) electrons. The van der Waals surface area contributed by atoms with Crippen LogP contribution in [0, 0.1) is 5.82 Å². The van der Waals surface area contributed by atoms with Crippen molar-refractivity contribution in [1.82, 2.24) is 4.98 Å². The molecule has 0 spiro atoms. The number of carbonyl (C=O) groups is 2. The third-order valence-corrected chi connectivity index (χ3v) is 3.32. The van der Waals surface area contributed by atoms with Crippen LogP contribution in [0.2, 0.25) is 0 Å². The quantitative estimate of drug-likeness (QED) is 0.890. The molecule has 21 heavy (non-hydrogen) atoms. The van der Waals surface area contributed by atoms with Crippen LogP contribution in [-0.2, 0) is 4.79 Å². The molecular weight excluding hydrogens is 293 g/mol. The highest BCUT2D eigenvalue weighted by Crippen LogP contribution is 2.18. The van der Waals surface area contributed by atoms with Gasteiger partial charge in [-0.2, -0.15) is 0 Å². The van der Waals surface area contributed by atoms with Gasteiger partial charge in [0.25, 0.3) is 5.91 Å². The van der Waals surface area contributed by atoms with Crippen LogP contribution in [0.3, 0.4) is 0 Å². The third kappa shape index (κ3) is 4.09. The first-order valence-electron chi connectivity index (χ1n) is 6.40. The van der Waals surface area contributed by atoms with Crippen LogP contribution in [-0.4, -0.2) is 16.8 Å². The molecule has 1 aromatic heterocycles. The highest BCUT2D eigenvalue weighted by Gasteiger charge is 2.12. The number of anilines is 2. The Morgan fingerprint density at radius 1 is 1.33 bits per heavy atom. The van der Waals surface area contributed by atoms with Crippen molar-refractivity contribution in [2.75, 3.05) is 10.6 Å². The van der Waals surface area contributed by atoms with Gasteiger partial charge in [-0.3, -0.25) is 14.9 Å². The smallest absolute Gasteiger partial charge is 0.257 e. The zero-order chi connectivity index (χ0) is 15.2. The van der Waals surface area contributed by atoms with Crippen molar-refractivity contribution in [2.45, 2.75) is 19.8 Å². The predicted octanol–water partition coefficient (Wildman–Crippen LogP) is 3.27. The minimum Gasteiger partial charge on any atom is -0.324 e. The van der Waals surface area contributed by atoms with Gasteiger partial charge in [-0.05, 0) is 24.6 Å². The van der Waals surface area contributed by atoms with Gasteiger partial charge in [0, 0.05) is 23.6 Å². The highest BCUT2D eigenvalue weighted by atomic mass is 32.1. The summed E-state index contributed by atoms with van der Waals surface area (Å²) < 4.78 is 13.9. The average Bonchev–Trinajstić information content (AvgIpc) is 2.94. The molecule has 1 aromatic carbocycles. The summed E-state index contributed by atoms with van der Waals surface area (Å²) in [6.45, 7) is 1.86. The van der Waals surface area contributed by atoms with Gasteiger partial charge in [0.1, 0.15) is 5.82 Å². The van der Waals surface area contributed by atoms with Gasteiger partial charge in [-0.15, -0.1) is 11.3 Å². The predicted molar refractivity (Wildman–Crippen MR) is 80.0 cm³/mol. The van der Waals surface area contributed by atoms with Crippen molar-refractivity contribution in [1.29, 1.82) is 0 Å².